The van der Waals surface area contributed by atoms with Crippen LogP contribution in [0.15, 0.2) is 39.5 Å². The summed E-state index contributed by atoms with van der Waals surface area (Å²) < 4.78 is 5.74. The summed E-state index contributed by atoms with van der Waals surface area (Å²) in [6.45, 7) is 5.97. The first kappa shape index (κ1) is 16.1. The number of nitrogens with zero attached hydrogens (tertiary/aromatic N) is 2. The van der Waals surface area contributed by atoms with Crippen molar-refractivity contribution in [1.29, 1.82) is 0 Å². The molecule has 0 amide bonds. The van der Waals surface area contributed by atoms with Crippen LogP contribution >= 0.6 is 12.4 Å². The van der Waals surface area contributed by atoms with E-state index >= 15 is 0 Å². The summed E-state index contributed by atoms with van der Waals surface area (Å²) in [5.74, 6) is 0.139. The third-order valence-corrected chi connectivity index (χ3v) is 3.55. The molecule has 0 spiro atoms. The van der Waals surface area contributed by atoms with Gasteiger partial charge in [0.15, 0.2) is 16.8 Å². The highest BCUT2D eigenvalue weighted by Crippen LogP contribution is 2.31. The fourth-order valence-electron chi connectivity index (χ4n) is 2.46. The minimum absolute atomic E-state index is 0. The summed E-state index contributed by atoms with van der Waals surface area (Å²) in [6, 6.07) is 8.22. The Hall–Kier alpha value is -2.27. The molecule has 6 heteroatoms. The predicted octanol–water partition coefficient (Wildman–Crippen LogP) is 3.27. The zero-order chi connectivity index (χ0) is 15.0. The van der Waals surface area contributed by atoms with E-state index in [4.69, 9.17) is 4.42 Å². The van der Waals surface area contributed by atoms with Gasteiger partial charge in [0.2, 0.25) is 0 Å². The second kappa shape index (κ2) is 6.23. The number of rotatable bonds is 3. The van der Waals surface area contributed by atoms with Crippen molar-refractivity contribution in [1.82, 2.24) is 4.98 Å². The van der Waals surface area contributed by atoms with Crippen molar-refractivity contribution in [3.63, 3.8) is 0 Å². The highest BCUT2D eigenvalue weighted by Gasteiger charge is 2.15. The number of phenolic OH excluding ortho intramolecular Hbond substituents is 1. The molecule has 1 aliphatic heterocycles. The molecule has 5 nitrogen and oxygen atoms in total. The van der Waals surface area contributed by atoms with E-state index in [1.54, 1.807) is 0 Å². The van der Waals surface area contributed by atoms with E-state index in [1.807, 2.05) is 18.2 Å². The predicted molar refractivity (Wildman–Crippen MR) is 89.4 cm³/mol. The molecular formula is C16H17ClN2O3. The first-order valence-electron chi connectivity index (χ1n) is 6.95. The molecule has 0 saturated carbocycles. The van der Waals surface area contributed by atoms with Gasteiger partial charge >= 0.3 is 0 Å². The van der Waals surface area contributed by atoms with Crippen molar-refractivity contribution in [2.24, 2.45) is 0 Å². The van der Waals surface area contributed by atoms with Gasteiger partial charge < -0.3 is 14.4 Å². The Labute approximate surface area is 134 Å². The molecule has 2 aliphatic rings. The van der Waals surface area contributed by atoms with Crippen molar-refractivity contribution < 1.29 is 9.52 Å². The molecule has 3 rings (SSSR count). The molecule has 0 fully saturated rings. The second-order valence-corrected chi connectivity index (χ2v) is 4.83. The maximum Gasteiger partial charge on any atom is 0.186 e. The molecule has 0 atom stereocenters. The Balaban J connectivity index is 0.00000176. The molecule has 1 aromatic carbocycles. The number of aromatic nitrogens is 1. The summed E-state index contributed by atoms with van der Waals surface area (Å²) in [6.07, 6.45) is 0. The van der Waals surface area contributed by atoms with E-state index in [2.05, 4.69) is 23.7 Å². The minimum atomic E-state index is -0.301. The number of hydrogen-bond donors (Lipinski definition) is 1. The van der Waals surface area contributed by atoms with Crippen molar-refractivity contribution in [3.05, 3.63) is 40.6 Å². The second-order valence-electron chi connectivity index (χ2n) is 4.83. The topological polar surface area (TPSA) is 66.6 Å². The number of hydrogen-bond acceptors (Lipinski definition) is 5. The van der Waals surface area contributed by atoms with Crippen LogP contribution in [0.2, 0.25) is 0 Å². The number of anilines is 1. The Bertz CT molecular complexity index is 827. The molecule has 0 radical (unpaired) electrons. The number of phenols is 1. The van der Waals surface area contributed by atoms with Gasteiger partial charge in [-0.3, -0.25) is 4.79 Å². The molecule has 1 aliphatic carbocycles. The number of benzene rings is 2. The monoisotopic (exact) mass is 320 g/mol. The summed E-state index contributed by atoms with van der Waals surface area (Å²) >= 11 is 0. The lowest BCUT2D eigenvalue weighted by Crippen LogP contribution is -2.21. The first-order chi connectivity index (χ1) is 10.1. The van der Waals surface area contributed by atoms with Gasteiger partial charge in [-0.25, -0.2) is 4.98 Å². The third-order valence-electron chi connectivity index (χ3n) is 3.55. The molecule has 1 heterocycles. The molecule has 0 unspecified atom stereocenters. The molecule has 0 aromatic heterocycles. The Morgan fingerprint density at radius 2 is 1.91 bits per heavy atom. The lowest BCUT2D eigenvalue weighted by molar-refractivity contribution is 0.470. The highest BCUT2D eigenvalue weighted by molar-refractivity contribution is 5.85. The van der Waals surface area contributed by atoms with Gasteiger partial charge in [0, 0.05) is 37.0 Å². The molecule has 0 saturated heterocycles. The van der Waals surface area contributed by atoms with Crippen LogP contribution in [-0.2, 0) is 0 Å². The SMILES string of the molecule is CCN(CC)c1ccc2nc3c(O)cc(=O)cc-3oc2c1.Cl. The normalized spacial score (nSPS) is 10.6. The highest BCUT2D eigenvalue weighted by atomic mass is 35.5. The Morgan fingerprint density at radius 1 is 1.18 bits per heavy atom. The zero-order valence-corrected chi connectivity index (χ0v) is 13.2. The molecule has 0 bridgehead atoms. The zero-order valence-electron chi connectivity index (χ0n) is 12.4. The van der Waals surface area contributed by atoms with Crippen molar-refractivity contribution >= 4 is 29.2 Å². The lowest BCUT2D eigenvalue weighted by Gasteiger charge is -2.21. The lowest BCUT2D eigenvalue weighted by atomic mass is 10.2. The molecule has 1 N–H and O–H groups in total. The van der Waals surface area contributed by atoms with Crippen molar-refractivity contribution in [3.8, 4) is 17.2 Å². The van der Waals surface area contributed by atoms with Crippen LogP contribution < -0.4 is 10.3 Å². The smallest absolute Gasteiger partial charge is 0.186 e. The fraction of sp³-hybridized carbons (Fsp3) is 0.250. The van der Waals surface area contributed by atoms with Crippen LogP contribution in [0.5, 0.6) is 5.75 Å². The number of fused-ring (bicyclic) bond motifs is 2. The van der Waals surface area contributed by atoms with Crippen molar-refractivity contribution in [2.45, 2.75) is 13.8 Å². The van der Waals surface area contributed by atoms with E-state index in [9.17, 15) is 9.90 Å². The van der Waals surface area contributed by atoms with Gasteiger partial charge in [0.25, 0.3) is 0 Å². The Kier molecular flexibility index (Phi) is 4.56. The number of aromatic hydroxyl groups is 1. The van der Waals surface area contributed by atoms with Crippen LogP contribution in [0.1, 0.15) is 13.8 Å². The average molecular weight is 321 g/mol. The van der Waals surface area contributed by atoms with Crippen LogP contribution in [0.4, 0.5) is 5.69 Å². The average Bonchev–Trinajstić information content (AvgIpc) is 2.46. The fourth-order valence-corrected chi connectivity index (χ4v) is 2.46. The van der Waals surface area contributed by atoms with Crippen LogP contribution in [0, 0.1) is 0 Å². The van der Waals surface area contributed by atoms with Gasteiger partial charge in [-0.05, 0) is 26.0 Å². The standard InChI is InChI=1S/C16H16N2O3.ClH/c1-3-18(4-2)10-5-6-12-14(7-10)21-15-9-11(19)8-13(20)16(15)17-12;/h5-9,20H,3-4H2,1-2H3;1H. The van der Waals surface area contributed by atoms with Crippen LogP contribution in [-0.4, -0.2) is 23.2 Å². The van der Waals surface area contributed by atoms with E-state index in [1.165, 1.54) is 6.07 Å². The van der Waals surface area contributed by atoms with E-state index < -0.39 is 0 Å². The van der Waals surface area contributed by atoms with E-state index in [0.29, 0.717) is 22.6 Å². The van der Waals surface area contributed by atoms with Gasteiger partial charge in [-0.15, -0.1) is 12.4 Å². The third kappa shape index (κ3) is 2.72. The van der Waals surface area contributed by atoms with Crippen LogP contribution in [0.3, 0.4) is 0 Å². The summed E-state index contributed by atoms with van der Waals surface area (Å²) in [7, 11) is 0. The van der Waals surface area contributed by atoms with Gasteiger partial charge in [0.1, 0.15) is 17.0 Å². The van der Waals surface area contributed by atoms with E-state index in [-0.39, 0.29) is 23.6 Å². The van der Waals surface area contributed by atoms with Gasteiger partial charge in [-0.1, -0.05) is 0 Å². The molecule has 1 aromatic rings. The van der Waals surface area contributed by atoms with Gasteiger partial charge in [0.05, 0.1) is 0 Å². The van der Waals surface area contributed by atoms with E-state index in [0.717, 1.165) is 24.8 Å². The largest absolute Gasteiger partial charge is 0.505 e. The summed E-state index contributed by atoms with van der Waals surface area (Å²) in [4.78, 5) is 18.0. The minimum Gasteiger partial charge on any atom is -0.505 e. The molecular weight excluding hydrogens is 304 g/mol. The van der Waals surface area contributed by atoms with Crippen molar-refractivity contribution in [2.75, 3.05) is 18.0 Å². The summed E-state index contributed by atoms with van der Waals surface area (Å²) in [5.41, 5.74) is 2.28. The first-order valence-corrected chi connectivity index (χ1v) is 6.95. The summed E-state index contributed by atoms with van der Waals surface area (Å²) in [5, 5.41) is 9.80. The van der Waals surface area contributed by atoms with Crippen LogP contribution in [0.25, 0.3) is 22.6 Å². The maximum atomic E-state index is 11.5. The van der Waals surface area contributed by atoms with Gasteiger partial charge in [-0.2, -0.15) is 0 Å². The quantitative estimate of drug-likeness (QED) is 0.750. The molecule has 116 valence electrons. The Morgan fingerprint density at radius 3 is 2.59 bits per heavy atom. The number of halogens is 1. The molecule has 22 heavy (non-hydrogen) atoms. The maximum absolute atomic E-state index is 11.5.